The molecule has 0 aromatic heterocycles. The van der Waals surface area contributed by atoms with Gasteiger partial charge in [0.05, 0.1) is 6.04 Å². The molecule has 1 aromatic rings. The summed E-state index contributed by atoms with van der Waals surface area (Å²) in [4.78, 5) is 0. The first-order valence-electron chi connectivity index (χ1n) is 6.66. The van der Waals surface area contributed by atoms with Crippen molar-refractivity contribution in [3.63, 3.8) is 0 Å². The lowest BCUT2D eigenvalue weighted by atomic mass is 10.1. The molecule has 1 heterocycles. The molecule has 1 aliphatic heterocycles. The van der Waals surface area contributed by atoms with Crippen LogP contribution in [0, 0.1) is 0 Å². The number of hydrogen-bond acceptors (Lipinski definition) is 3. The van der Waals surface area contributed by atoms with Crippen molar-refractivity contribution >= 4 is 34.2 Å². The third kappa shape index (κ3) is 4.55. The fourth-order valence-corrected chi connectivity index (χ4v) is 4.20. The van der Waals surface area contributed by atoms with Crippen molar-refractivity contribution < 1.29 is 8.42 Å². The highest BCUT2D eigenvalue weighted by atomic mass is 35.5. The number of hydrogen-bond donors (Lipinski definition) is 2. The van der Waals surface area contributed by atoms with Crippen molar-refractivity contribution in [2.24, 2.45) is 0 Å². The summed E-state index contributed by atoms with van der Waals surface area (Å²) in [7, 11) is -3.51. The Morgan fingerprint density at radius 2 is 2.05 bits per heavy atom. The Balaban J connectivity index is 0.00000220. The van der Waals surface area contributed by atoms with Gasteiger partial charge >= 0.3 is 0 Å². The maximum atomic E-state index is 12.4. The molecule has 1 fully saturated rings. The fraction of sp³-hybridized carbons (Fsp3) is 0.538. The highest BCUT2D eigenvalue weighted by Crippen LogP contribution is 2.29. The molecule has 1 unspecified atom stereocenters. The smallest absolute Gasteiger partial charge is 0.280 e. The molecule has 2 rings (SSSR count). The van der Waals surface area contributed by atoms with Crippen LogP contribution in [0.5, 0.6) is 0 Å². The Bertz CT molecular complexity index is 566. The molecular formula is C13H21Cl2N3O2S. The van der Waals surface area contributed by atoms with E-state index in [1.54, 1.807) is 6.07 Å². The number of rotatable bonds is 4. The summed E-state index contributed by atoms with van der Waals surface area (Å²) in [5.74, 6) is 0. The number of halogens is 2. The van der Waals surface area contributed by atoms with Crippen molar-refractivity contribution in [1.82, 2.24) is 14.3 Å². The summed E-state index contributed by atoms with van der Waals surface area (Å²) in [6, 6.07) is 6.95. The van der Waals surface area contributed by atoms with Crippen molar-refractivity contribution in [3.8, 4) is 0 Å². The van der Waals surface area contributed by atoms with Gasteiger partial charge in [0.1, 0.15) is 0 Å². The first-order valence-corrected chi connectivity index (χ1v) is 8.48. The topological polar surface area (TPSA) is 61.4 Å². The fourth-order valence-electron chi connectivity index (χ4n) is 2.35. The van der Waals surface area contributed by atoms with Gasteiger partial charge in [0, 0.05) is 30.7 Å². The predicted octanol–water partition coefficient (Wildman–Crippen LogP) is 1.95. The van der Waals surface area contributed by atoms with Gasteiger partial charge in [-0.15, -0.1) is 12.4 Å². The average Bonchev–Trinajstić information content (AvgIpc) is 2.38. The molecule has 0 amide bonds. The van der Waals surface area contributed by atoms with E-state index >= 15 is 0 Å². The van der Waals surface area contributed by atoms with E-state index in [0.29, 0.717) is 24.7 Å². The van der Waals surface area contributed by atoms with Crippen LogP contribution in [-0.2, 0) is 10.2 Å². The van der Waals surface area contributed by atoms with Gasteiger partial charge in [-0.3, -0.25) is 0 Å². The average molecular weight is 354 g/mol. The van der Waals surface area contributed by atoms with Crippen LogP contribution in [0.4, 0.5) is 0 Å². The van der Waals surface area contributed by atoms with Gasteiger partial charge in [-0.05, 0) is 25.5 Å². The number of piperazine rings is 1. The van der Waals surface area contributed by atoms with Crippen molar-refractivity contribution in [1.29, 1.82) is 0 Å². The van der Waals surface area contributed by atoms with Gasteiger partial charge in [0.15, 0.2) is 0 Å². The second-order valence-corrected chi connectivity index (χ2v) is 7.19. The first-order chi connectivity index (χ1) is 9.42. The zero-order valence-corrected chi connectivity index (χ0v) is 14.4. The second kappa shape index (κ2) is 7.76. The number of benzene rings is 1. The van der Waals surface area contributed by atoms with Crippen LogP contribution in [0.3, 0.4) is 0 Å². The van der Waals surface area contributed by atoms with Crippen LogP contribution < -0.4 is 10.0 Å². The summed E-state index contributed by atoms with van der Waals surface area (Å²) in [6.07, 6.45) is 0. The quantitative estimate of drug-likeness (QED) is 0.869. The van der Waals surface area contributed by atoms with Crippen molar-refractivity contribution in [2.75, 3.05) is 19.6 Å². The highest BCUT2D eigenvalue weighted by molar-refractivity contribution is 7.87. The van der Waals surface area contributed by atoms with Crippen LogP contribution in [0.2, 0.25) is 5.02 Å². The lowest BCUT2D eigenvalue weighted by Crippen LogP contribution is -2.53. The summed E-state index contributed by atoms with van der Waals surface area (Å²) < 4.78 is 29.0. The minimum absolute atomic E-state index is 0. The van der Waals surface area contributed by atoms with Gasteiger partial charge in [0.25, 0.3) is 10.2 Å². The van der Waals surface area contributed by atoms with Crippen LogP contribution in [-0.4, -0.2) is 38.4 Å². The van der Waals surface area contributed by atoms with Crippen LogP contribution >= 0.6 is 24.0 Å². The lowest BCUT2D eigenvalue weighted by molar-refractivity contribution is 0.267. The molecule has 1 aliphatic rings. The van der Waals surface area contributed by atoms with Crippen LogP contribution in [0.15, 0.2) is 24.3 Å². The summed E-state index contributed by atoms with van der Waals surface area (Å²) >= 11 is 6.21. The maximum Gasteiger partial charge on any atom is 0.280 e. The summed E-state index contributed by atoms with van der Waals surface area (Å²) in [6.45, 7) is 5.25. The van der Waals surface area contributed by atoms with Gasteiger partial charge < -0.3 is 5.32 Å². The molecular weight excluding hydrogens is 333 g/mol. The molecule has 0 spiro atoms. The number of nitrogens with zero attached hydrogens (tertiary/aromatic N) is 1. The molecule has 8 heteroatoms. The van der Waals surface area contributed by atoms with Gasteiger partial charge in [0.2, 0.25) is 0 Å². The molecule has 1 aromatic carbocycles. The van der Waals surface area contributed by atoms with Crippen molar-refractivity contribution in [2.45, 2.75) is 25.9 Å². The van der Waals surface area contributed by atoms with E-state index < -0.39 is 10.2 Å². The summed E-state index contributed by atoms with van der Waals surface area (Å²) in [5.41, 5.74) is 0.829. The van der Waals surface area contributed by atoms with E-state index in [1.165, 1.54) is 4.31 Å². The molecule has 21 heavy (non-hydrogen) atoms. The van der Waals surface area contributed by atoms with E-state index in [0.717, 1.165) is 5.56 Å². The van der Waals surface area contributed by atoms with Crippen LogP contribution in [0.1, 0.15) is 25.5 Å². The molecule has 1 saturated heterocycles. The molecule has 0 bridgehead atoms. The Hall–Kier alpha value is -0.370. The molecule has 5 nitrogen and oxygen atoms in total. The van der Waals surface area contributed by atoms with Crippen LogP contribution in [0.25, 0.3) is 0 Å². The molecule has 120 valence electrons. The lowest BCUT2D eigenvalue weighted by Gasteiger charge is -2.36. The van der Waals surface area contributed by atoms with E-state index in [9.17, 15) is 8.42 Å². The van der Waals surface area contributed by atoms with E-state index in [-0.39, 0.29) is 24.5 Å². The van der Waals surface area contributed by atoms with Crippen molar-refractivity contribution in [3.05, 3.63) is 34.9 Å². The standard InChI is InChI=1S/C13H20ClN3O2S.ClH/c1-10(2)16-20(18,19)17-8-7-15-9-13(17)11-5-3-4-6-12(11)14;/h3-6,10,13,15-16H,7-9H2,1-2H3;1H. The molecule has 0 saturated carbocycles. The van der Waals surface area contributed by atoms with Gasteiger partial charge in [-0.1, -0.05) is 29.8 Å². The zero-order valence-electron chi connectivity index (χ0n) is 12.0. The third-order valence-corrected chi connectivity index (χ3v) is 5.32. The van der Waals surface area contributed by atoms with Gasteiger partial charge in [-0.2, -0.15) is 17.4 Å². The monoisotopic (exact) mass is 353 g/mol. The molecule has 0 radical (unpaired) electrons. The summed E-state index contributed by atoms with van der Waals surface area (Å²) in [5, 5.41) is 3.81. The Morgan fingerprint density at radius 1 is 1.38 bits per heavy atom. The zero-order chi connectivity index (χ0) is 14.8. The Labute approximate surface area is 137 Å². The Kier molecular flexibility index (Phi) is 6.90. The molecule has 1 atom stereocenters. The second-order valence-electron chi connectivity index (χ2n) is 5.13. The van der Waals surface area contributed by atoms with E-state index in [1.807, 2.05) is 32.0 Å². The molecule has 2 N–H and O–H groups in total. The predicted molar refractivity (Wildman–Crippen MR) is 88.2 cm³/mol. The first kappa shape index (κ1) is 18.7. The minimum Gasteiger partial charge on any atom is -0.313 e. The van der Waals surface area contributed by atoms with E-state index in [4.69, 9.17) is 11.6 Å². The SMILES string of the molecule is CC(C)NS(=O)(=O)N1CCNCC1c1ccccc1Cl.Cl. The highest BCUT2D eigenvalue weighted by Gasteiger charge is 2.34. The largest absolute Gasteiger partial charge is 0.313 e. The normalized spacial score (nSPS) is 20.3. The van der Waals surface area contributed by atoms with E-state index in [2.05, 4.69) is 10.0 Å². The Morgan fingerprint density at radius 3 is 2.67 bits per heavy atom. The minimum atomic E-state index is -3.51. The molecule has 0 aliphatic carbocycles. The third-order valence-electron chi connectivity index (χ3n) is 3.15. The number of nitrogens with one attached hydrogen (secondary N) is 2. The maximum absolute atomic E-state index is 12.4. The van der Waals surface area contributed by atoms with Gasteiger partial charge in [-0.25, -0.2) is 0 Å².